The summed E-state index contributed by atoms with van der Waals surface area (Å²) >= 11 is 0. The number of carboxylic acids is 1. The lowest BCUT2D eigenvalue weighted by molar-refractivity contribution is -0.388. The van der Waals surface area contributed by atoms with Gasteiger partial charge >= 0.3 is 5.97 Å². The Morgan fingerprint density at radius 3 is 1.69 bits per heavy atom. The highest BCUT2D eigenvalue weighted by molar-refractivity contribution is 5.73. The van der Waals surface area contributed by atoms with Crippen molar-refractivity contribution in [2.24, 2.45) is 0 Å². The Balaban J connectivity index is 1.23. The van der Waals surface area contributed by atoms with Crippen LogP contribution < -0.4 is 0 Å². The zero-order chi connectivity index (χ0) is 39.9. The van der Waals surface area contributed by atoms with Crippen molar-refractivity contribution in [1.82, 2.24) is 0 Å². The fourth-order valence-electron chi connectivity index (χ4n) is 6.80. The molecule has 24 nitrogen and oxygen atoms in total. The summed E-state index contributed by atoms with van der Waals surface area (Å²) in [4.78, 5) is 12.3. The first kappa shape index (κ1) is 43.7. The Hall–Kier alpha value is -1.41. The van der Waals surface area contributed by atoms with Gasteiger partial charge in [0.1, 0.15) is 97.7 Å². The zero-order valence-electron chi connectivity index (χ0n) is 29.1. The van der Waals surface area contributed by atoms with E-state index in [9.17, 15) is 71.2 Å². The molecule has 0 spiro atoms. The van der Waals surface area contributed by atoms with Crippen LogP contribution in [0.2, 0.25) is 0 Å². The van der Waals surface area contributed by atoms with Gasteiger partial charge in [0.15, 0.2) is 37.6 Å². The molecule has 5 fully saturated rings. The molecule has 5 rings (SSSR count). The van der Waals surface area contributed by atoms with Gasteiger partial charge in [0, 0.05) is 7.11 Å². The fourth-order valence-corrected chi connectivity index (χ4v) is 6.80. The molecule has 5 aliphatic heterocycles. The van der Waals surface area contributed by atoms with E-state index in [1.165, 1.54) is 21.0 Å². The van der Waals surface area contributed by atoms with E-state index in [1.54, 1.807) is 0 Å². The molecule has 0 unspecified atom stereocenters. The molecule has 314 valence electrons. The molecule has 0 amide bonds. The number of carbonyl (C=O) groups is 1. The molecule has 54 heavy (non-hydrogen) atoms. The van der Waals surface area contributed by atoms with Crippen LogP contribution in [0.1, 0.15) is 13.8 Å². The van der Waals surface area contributed by atoms with Crippen LogP contribution in [-0.4, -0.2) is 240 Å². The number of aliphatic carboxylic acids is 1. The van der Waals surface area contributed by atoms with Crippen LogP contribution in [0.15, 0.2) is 0 Å². The van der Waals surface area contributed by atoms with Crippen LogP contribution in [0.25, 0.3) is 0 Å². The van der Waals surface area contributed by atoms with Gasteiger partial charge in [-0.15, -0.1) is 0 Å². The fraction of sp³-hybridized carbons (Fsp3) is 0.967. The van der Waals surface area contributed by atoms with Gasteiger partial charge in [-0.05, 0) is 13.8 Å². The van der Waals surface area contributed by atoms with Crippen molar-refractivity contribution >= 4 is 5.97 Å². The molecule has 0 bridgehead atoms. The molecule has 0 aliphatic carbocycles. The van der Waals surface area contributed by atoms with Gasteiger partial charge in [-0.1, -0.05) is 0 Å². The van der Waals surface area contributed by atoms with Crippen molar-refractivity contribution < 1.29 is 119 Å². The topological polar surface area (TPSA) is 372 Å². The predicted molar refractivity (Wildman–Crippen MR) is 163 cm³/mol. The molecule has 13 N–H and O–H groups in total. The number of carboxylic acid groups (broad SMARTS) is 1. The van der Waals surface area contributed by atoms with Gasteiger partial charge in [-0.25, -0.2) is 4.79 Å². The van der Waals surface area contributed by atoms with Crippen molar-refractivity contribution in [2.45, 2.75) is 161 Å². The molecule has 0 saturated carbocycles. The van der Waals surface area contributed by atoms with Crippen LogP contribution in [0.3, 0.4) is 0 Å². The quantitative estimate of drug-likeness (QED) is 0.0923. The second-order valence-electron chi connectivity index (χ2n) is 13.7. The highest BCUT2D eigenvalue weighted by atomic mass is 16.8. The Morgan fingerprint density at radius 1 is 0.556 bits per heavy atom. The zero-order valence-corrected chi connectivity index (χ0v) is 29.1. The molecule has 24 heteroatoms. The van der Waals surface area contributed by atoms with E-state index >= 15 is 0 Å². The van der Waals surface area contributed by atoms with Gasteiger partial charge in [-0.3, -0.25) is 0 Å². The summed E-state index contributed by atoms with van der Waals surface area (Å²) in [5.74, 6) is -1.79. The van der Waals surface area contributed by atoms with Crippen molar-refractivity contribution in [2.75, 3.05) is 20.3 Å². The minimum atomic E-state index is -2.20. The number of methoxy groups -OCH3 is 1. The van der Waals surface area contributed by atoms with Crippen molar-refractivity contribution in [1.29, 1.82) is 0 Å². The van der Waals surface area contributed by atoms with Gasteiger partial charge in [0.2, 0.25) is 0 Å². The summed E-state index contributed by atoms with van der Waals surface area (Å²) in [5.41, 5.74) is 0. The van der Waals surface area contributed by atoms with Crippen molar-refractivity contribution in [3.63, 3.8) is 0 Å². The standard InChI is InChI=1S/C30H50O24/c1-6-10(32)13(35)17(39)28(47-6)51-20-8(4-31)49-26(44)22(19(20)41)53-29-18(40)15(37)21(24(54-29)25(42)43)52-27-16(38)12(34)9(5-46-27)50-30-23(45-3)14(36)11(33)7(2)48-30/h6-24,26-41,44H,4-5H2,1-3H3,(H,42,43)/t6-,7-,8+,9+,10-,11+,12-,13+,14+,15+,16+,17+,18+,19-,20+,21-,22-,23-,24-,26-,27-,28-,29-,30-/m0/s1. The van der Waals surface area contributed by atoms with E-state index in [1.807, 2.05) is 0 Å². The van der Waals surface area contributed by atoms with Crippen molar-refractivity contribution in [3.05, 3.63) is 0 Å². The van der Waals surface area contributed by atoms with Crippen LogP contribution in [0.4, 0.5) is 0 Å². The Kier molecular flexibility index (Phi) is 14.6. The normalized spacial score (nSPS) is 53.2. The number of aliphatic hydroxyl groups is 12. The molecular formula is C30H50O24. The maximum absolute atomic E-state index is 12.3. The molecule has 0 aromatic carbocycles. The molecule has 0 aromatic heterocycles. The Labute approximate surface area is 306 Å². The van der Waals surface area contributed by atoms with Crippen molar-refractivity contribution in [3.8, 4) is 0 Å². The summed E-state index contributed by atoms with van der Waals surface area (Å²) in [6.45, 7) is 1.40. The number of rotatable bonds is 11. The van der Waals surface area contributed by atoms with Gasteiger partial charge in [-0.2, -0.15) is 0 Å². The third-order valence-electron chi connectivity index (χ3n) is 10.1. The third kappa shape index (κ3) is 8.70. The van der Waals surface area contributed by atoms with Gasteiger partial charge in [0.25, 0.3) is 0 Å². The van der Waals surface area contributed by atoms with Gasteiger partial charge in [0.05, 0.1) is 25.4 Å². The summed E-state index contributed by atoms with van der Waals surface area (Å²) in [6, 6.07) is 0. The van der Waals surface area contributed by atoms with E-state index in [0.717, 1.165) is 0 Å². The molecule has 24 atom stereocenters. The van der Waals surface area contributed by atoms with E-state index in [-0.39, 0.29) is 0 Å². The lowest BCUT2D eigenvalue weighted by atomic mass is 9.96. The van der Waals surface area contributed by atoms with Crippen LogP contribution in [0, 0.1) is 0 Å². The van der Waals surface area contributed by atoms with Crippen LogP contribution in [-0.2, 0) is 52.2 Å². The Bertz CT molecular complexity index is 1220. The first-order valence-corrected chi connectivity index (χ1v) is 17.1. The minimum absolute atomic E-state index is 0.529. The summed E-state index contributed by atoms with van der Waals surface area (Å²) in [6.07, 6.45) is -41.1. The summed E-state index contributed by atoms with van der Waals surface area (Å²) in [5, 5.41) is 136. The van der Waals surface area contributed by atoms with E-state index in [4.69, 9.17) is 47.4 Å². The Morgan fingerprint density at radius 2 is 1.07 bits per heavy atom. The maximum atomic E-state index is 12.3. The molecule has 0 aromatic rings. The van der Waals surface area contributed by atoms with Gasteiger partial charge < -0.3 is 114 Å². The number of aliphatic hydroxyl groups excluding tert-OH is 12. The molecule has 0 radical (unpaired) electrons. The highest BCUT2D eigenvalue weighted by Crippen LogP contribution is 2.34. The number of hydrogen-bond donors (Lipinski definition) is 13. The smallest absolute Gasteiger partial charge is 0.335 e. The second-order valence-corrected chi connectivity index (χ2v) is 13.7. The molecule has 5 heterocycles. The molecule has 5 saturated heterocycles. The largest absolute Gasteiger partial charge is 0.479 e. The first-order valence-electron chi connectivity index (χ1n) is 17.1. The van der Waals surface area contributed by atoms with E-state index < -0.39 is 167 Å². The van der Waals surface area contributed by atoms with Crippen LogP contribution in [0.5, 0.6) is 0 Å². The minimum Gasteiger partial charge on any atom is -0.479 e. The van der Waals surface area contributed by atoms with E-state index in [0.29, 0.717) is 0 Å². The van der Waals surface area contributed by atoms with Crippen LogP contribution >= 0.6 is 0 Å². The first-order chi connectivity index (χ1) is 25.4. The number of ether oxygens (including phenoxy) is 10. The second kappa shape index (κ2) is 18.0. The average Bonchev–Trinajstić information content (AvgIpc) is 3.13. The molecule has 5 aliphatic rings. The lowest BCUT2D eigenvalue weighted by Gasteiger charge is -2.48. The SMILES string of the molecule is CO[C@@H]1[C@H](O[C@@H]2CO[C@@H](O[C@H]3[C@H](O)[C@@H](O)[C@@H](O[C@H]4[C@@H](O)[C@H](O[C@@H]5O[C@@H](C)[C@H](O)[C@@H](O)[C@H]5O)[C@@H](CO)O[C@@H]4O)O[C@@H]3C(=O)O)[C@H](O)[C@H]2O)O[C@@H](C)[C@@H](O)[C@H]1O. The third-order valence-corrected chi connectivity index (χ3v) is 10.1. The predicted octanol–water partition coefficient (Wildman–Crippen LogP) is -8.48. The number of hydrogen-bond acceptors (Lipinski definition) is 23. The maximum Gasteiger partial charge on any atom is 0.335 e. The molecular weight excluding hydrogens is 744 g/mol. The highest BCUT2D eigenvalue weighted by Gasteiger charge is 2.56. The van der Waals surface area contributed by atoms with E-state index in [2.05, 4.69) is 0 Å². The summed E-state index contributed by atoms with van der Waals surface area (Å²) in [7, 11) is 1.22. The lowest BCUT2D eigenvalue weighted by Crippen LogP contribution is -2.67. The summed E-state index contributed by atoms with van der Waals surface area (Å²) < 4.78 is 54.4. The monoisotopic (exact) mass is 794 g/mol. The average molecular weight is 795 g/mol.